The first-order chi connectivity index (χ1) is 8.42. The lowest BCUT2D eigenvalue weighted by Gasteiger charge is -2.35. The van der Waals surface area contributed by atoms with Crippen LogP contribution in [0, 0.1) is 17.6 Å². The molecule has 1 aliphatic rings. The summed E-state index contributed by atoms with van der Waals surface area (Å²) in [4.78, 5) is 10.8. The van der Waals surface area contributed by atoms with Crippen molar-refractivity contribution in [2.24, 2.45) is 5.92 Å². The van der Waals surface area contributed by atoms with Crippen LogP contribution in [0.25, 0.3) is 0 Å². The van der Waals surface area contributed by atoms with Crippen LogP contribution in [0.3, 0.4) is 0 Å². The minimum Gasteiger partial charge on any atom is -0.481 e. The first-order valence-corrected chi connectivity index (χ1v) is 5.83. The molecule has 1 aromatic rings. The summed E-state index contributed by atoms with van der Waals surface area (Å²) in [5, 5.41) is 19.2. The Morgan fingerprint density at radius 1 is 1.28 bits per heavy atom. The molecule has 1 aromatic carbocycles. The zero-order valence-corrected chi connectivity index (χ0v) is 9.70. The van der Waals surface area contributed by atoms with E-state index >= 15 is 0 Å². The van der Waals surface area contributed by atoms with Gasteiger partial charge < -0.3 is 10.2 Å². The summed E-state index contributed by atoms with van der Waals surface area (Å²) in [5.74, 6) is -2.69. The highest BCUT2D eigenvalue weighted by molar-refractivity contribution is 5.70. The van der Waals surface area contributed by atoms with Crippen LogP contribution in [-0.2, 0) is 10.4 Å². The molecule has 0 amide bonds. The van der Waals surface area contributed by atoms with E-state index in [4.69, 9.17) is 5.11 Å². The molecule has 1 fully saturated rings. The van der Waals surface area contributed by atoms with Gasteiger partial charge in [0.15, 0.2) is 0 Å². The van der Waals surface area contributed by atoms with Gasteiger partial charge in [0.05, 0.1) is 11.5 Å². The van der Waals surface area contributed by atoms with Gasteiger partial charge in [-0.1, -0.05) is 0 Å². The third-order valence-electron chi connectivity index (χ3n) is 3.59. The van der Waals surface area contributed by atoms with Crippen molar-refractivity contribution in [1.29, 1.82) is 0 Å². The number of benzene rings is 1. The maximum absolute atomic E-state index is 13.6. The largest absolute Gasteiger partial charge is 0.481 e. The molecule has 0 radical (unpaired) electrons. The SMILES string of the molecule is O=C(O)C1CCC(O)(c2cc(F)ccc2F)CC1. The highest BCUT2D eigenvalue weighted by Gasteiger charge is 2.38. The van der Waals surface area contributed by atoms with Gasteiger partial charge in [-0.15, -0.1) is 0 Å². The molecule has 0 atom stereocenters. The Labute approximate surface area is 103 Å². The predicted octanol–water partition coefficient (Wildman–Crippen LogP) is 2.43. The molecule has 18 heavy (non-hydrogen) atoms. The molecule has 2 rings (SSSR count). The number of carbonyl (C=O) groups is 1. The van der Waals surface area contributed by atoms with Gasteiger partial charge in [0.1, 0.15) is 11.6 Å². The first kappa shape index (κ1) is 13.0. The van der Waals surface area contributed by atoms with E-state index < -0.39 is 29.1 Å². The van der Waals surface area contributed by atoms with Gasteiger partial charge in [-0.05, 0) is 43.9 Å². The van der Waals surface area contributed by atoms with Crippen LogP contribution in [0.1, 0.15) is 31.2 Å². The number of carboxylic acid groups (broad SMARTS) is 1. The molecule has 2 N–H and O–H groups in total. The Hall–Kier alpha value is -1.49. The average molecular weight is 256 g/mol. The fraction of sp³-hybridized carbons (Fsp3) is 0.462. The summed E-state index contributed by atoms with van der Waals surface area (Å²) in [6, 6.07) is 2.95. The zero-order valence-electron chi connectivity index (χ0n) is 9.70. The number of rotatable bonds is 2. The van der Waals surface area contributed by atoms with Crippen molar-refractivity contribution in [3.05, 3.63) is 35.4 Å². The number of halogens is 2. The van der Waals surface area contributed by atoms with E-state index in [-0.39, 0.29) is 31.2 Å². The summed E-state index contributed by atoms with van der Waals surface area (Å²) < 4.78 is 26.7. The van der Waals surface area contributed by atoms with Crippen molar-refractivity contribution in [3.63, 3.8) is 0 Å². The maximum Gasteiger partial charge on any atom is 0.306 e. The van der Waals surface area contributed by atoms with Crippen LogP contribution in [0.15, 0.2) is 18.2 Å². The molecule has 0 unspecified atom stereocenters. The second-order valence-corrected chi connectivity index (χ2v) is 4.77. The number of hydrogen-bond acceptors (Lipinski definition) is 2. The molecular weight excluding hydrogens is 242 g/mol. The number of hydrogen-bond donors (Lipinski definition) is 2. The summed E-state index contributed by atoms with van der Waals surface area (Å²) in [5.41, 5.74) is -1.54. The molecule has 1 aliphatic carbocycles. The Balaban J connectivity index is 2.23. The highest BCUT2D eigenvalue weighted by Crippen LogP contribution is 2.40. The molecule has 0 aliphatic heterocycles. The van der Waals surface area contributed by atoms with Gasteiger partial charge in [-0.2, -0.15) is 0 Å². The summed E-state index contributed by atoms with van der Waals surface area (Å²) in [6.45, 7) is 0. The number of aliphatic hydroxyl groups is 1. The second-order valence-electron chi connectivity index (χ2n) is 4.77. The fourth-order valence-corrected chi connectivity index (χ4v) is 2.47. The molecule has 0 bridgehead atoms. The lowest BCUT2D eigenvalue weighted by atomic mass is 9.75. The quantitative estimate of drug-likeness (QED) is 0.854. The van der Waals surface area contributed by atoms with Gasteiger partial charge in [0.2, 0.25) is 0 Å². The highest BCUT2D eigenvalue weighted by atomic mass is 19.1. The lowest BCUT2D eigenvalue weighted by molar-refractivity contribution is -0.145. The fourth-order valence-electron chi connectivity index (χ4n) is 2.47. The van der Waals surface area contributed by atoms with Gasteiger partial charge in [0, 0.05) is 5.56 Å². The molecule has 0 saturated heterocycles. The van der Waals surface area contributed by atoms with E-state index in [0.29, 0.717) is 0 Å². The van der Waals surface area contributed by atoms with Crippen LogP contribution < -0.4 is 0 Å². The topological polar surface area (TPSA) is 57.5 Å². The number of carboxylic acids is 1. The summed E-state index contributed by atoms with van der Waals surface area (Å²) >= 11 is 0. The van der Waals surface area contributed by atoms with Crippen molar-refractivity contribution < 1.29 is 23.8 Å². The lowest BCUT2D eigenvalue weighted by Crippen LogP contribution is -2.34. The van der Waals surface area contributed by atoms with Crippen LogP contribution >= 0.6 is 0 Å². The van der Waals surface area contributed by atoms with Crippen LogP contribution in [0.4, 0.5) is 8.78 Å². The summed E-state index contributed by atoms with van der Waals surface area (Å²) in [7, 11) is 0. The average Bonchev–Trinajstić information content (AvgIpc) is 2.32. The molecule has 0 spiro atoms. The molecular formula is C13H14F2O3. The van der Waals surface area contributed by atoms with E-state index in [9.17, 15) is 18.7 Å². The van der Waals surface area contributed by atoms with Gasteiger partial charge in [0.25, 0.3) is 0 Å². The van der Waals surface area contributed by atoms with E-state index in [2.05, 4.69) is 0 Å². The third-order valence-corrected chi connectivity index (χ3v) is 3.59. The minimum atomic E-state index is -1.46. The molecule has 98 valence electrons. The van der Waals surface area contributed by atoms with Crippen LogP contribution in [0.5, 0.6) is 0 Å². The van der Waals surface area contributed by atoms with E-state index in [1.807, 2.05) is 0 Å². The number of aliphatic carboxylic acids is 1. The maximum atomic E-state index is 13.6. The molecule has 3 nitrogen and oxygen atoms in total. The Kier molecular flexibility index (Phi) is 3.34. The predicted molar refractivity (Wildman–Crippen MR) is 59.8 cm³/mol. The molecule has 0 aromatic heterocycles. The van der Waals surface area contributed by atoms with Crippen molar-refractivity contribution in [1.82, 2.24) is 0 Å². The van der Waals surface area contributed by atoms with E-state index in [1.54, 1.807) is 0 Å². The van der Waals surface area contributed by atoms with Crippen molar-refractivity contribution in [2.75, 3.05) is 0 Å². The molecule has 1 saturated carbocycles. The van der Waals surface area contributed by atoms with E-state index in [0.717, 1.165) is 18.2 Å². The van der Waals surface area contributed by atoms with E-state index in [1.165, 1.54) is 0 Å². The Morgan fingerprint density at radius 2 is 1.89 bits per heavy atom. The molecule has 5 heteroatoms. The first-order valence-electron chi connectivity index (χ1n) is 5.83. The van der Waals surface area contributed by atoms with Crippen molar-refractivity contribution in [3.8, 4) is 0 Å². The van der Waals surface area contributed by atoms with Crippen LogP contribution in [0.2, 0.25) is 0 Å². The Bertz CT molecular complexity index is 465. The standard InChI is InChI=1S/C13H14F2O3/c14-9-1-2-11(15)10(7-9)13(18)5-3-8(4-6-13)12(16)17/h1-2,7-8,18H,3-6H2,(H,16,17). The van der Waals surface area contributed by atoms with Gasteiger partial charge in [-0.25, -0.2) is 8.78 Å². The van der Waals surface area contributed by atoms with Gasteiger partial charge in [-0.3, -0.25) is 4.79 Å². The van der Waals surface area contributed by atoms with Crippen molar-refractivity contribution in [2.45, 2.75) is 31.3 Å². The normalized spacial score (nSPS) is 28.1. The van der Waals surface area contributed by atoms with Crippen molar-refractivity contribution >= 4 is 5.97 Å². The second kappa shape index (κ2) is 4.65. The monoisotopic (exact) mass is 256 g/mol. The smallest absolute Gasteiger partial charge is 0.306 e. The Morgan fingerprint density at radius 3 is 2.44 bits per heavy atom. The van der Waals surface area contributed by atoms with Gasteiger partial charge >= 0.3 is 5.97 Å². The third kappa shape index (κ3) is 2.36. The summed E-state index contributed by atoms with van der Waals surface area (Å²) in [6.07, 6.45) is 0.790. The zero-order chi connectivity index (χ0) is 13.3. The molecule has 0 heterocycles. The van der Waals surface area contributed by atoms with Crippen LogP contribution in [-0.4, -0.2) is 16.2 Å². The minimum absolute atomic E-state index is 0.0775.